The summed E-state index contributed by atoms with van der Waals surface area (Å²) in [5.74, 6) is 0. The zero-order valence-electron chi connectivity index (χ0n) is 10.6. The van der Waals surface area contributed by atoms with Gasteiger partial charge in [0.1, 0.15) is 6.10 Å². The van der Waals surface area contributed by atoms with E-state index in [9.17, 15) is 21.6 Å². The number of hydrogen-bond acceptors (Lipinski definition) is 4. The van der Waals surface area contributed by atoms with E-state index in [1.807, 2.05) is 0 Å². The lowest BCUT2D eigenvalue weighted by molar-refractivity contribution is -0.224. The highest BCUT2D eigenvalue weighted by Gasteiger charge is 2.43. The second-order valence-electron chi connectivity index (χ2n) is 4.55. The van der Waals surface area contributed by atoms with Gasteiger partial charge in [0, 0.05) is 6.26 Å². The van der Waals surface area contributed by atoms with Crippen LogP contribution in [0.5, 0.6) is 0 Å². The molecule has 2 atom stereocenters. The van der Waals surface area contributed by atoms with Crippen molar-refractivity contribution in [1.82, 2.24) is 0 Å². The minimum absolute atomic E-state index is 0.0345. The van der Waals surface area contributed by atoms with E-state index in [0.717, 1.165) is 30.5 Å². The number of halogens is 3. The molecule has 112 valence electrons. The Morgan fingerprint density at radius 2 is 1.90 bits per heavy atom. The third-order valence-corrected chi connectivity index (χ3v) is 3.89. The van der Waals surface area contributed by atoms with Crippen molar-refractivity contribution in [2.45, 2.75) is 23.3 Å². The first kappa shape index (κ1) is 15.3. The molecule has 1 heterocycles. The van der Waals surface area contributed by atoms with E-state index in [1.54, 1.807) is 0 Å². The van der Waals surface area contributed by atoms with Gasteiger partial charge in [0.15, 0.2) is 15.9 Å². The summed E-state index contributed by atoms with van der Waals surface area (Å²) in [5, 5.41) is 0. The molecule has 0 unspecified atom stereocenters. The van der Waals surface area contributed by atoms with E-state index in [0.29, 0.717) is 6.61 Å². The van der Waals surface area contributed by atoms with Crippen LogP contribution in [0.15, 0.2) is 29.2 Å². The molecular formula is C12H13F3O4S. The van der Waals surface area contributed by atoms with Gasteiger partial charge in [-0.15, -0.1) is 0 Å². The Kier molecular flexibility index (Phi) is 4.08. The molecule has 0 saturated carbocycles. The van der Waals surface area contributed by atoms with Crippen LogP contribution in [0.25, 0.3) is 0 Å². The molecule has 1 saturated heterocycles. The summed E-state index contributed by atoms with van der Waals surface area (Å²) in [6.07, 6.45) is -5.94. The number of rotatable bonds is 5. The summed E-state index contributed by atoms with van der Waals surface area (Å²) in [5.41, 5.74) is -0.134. The van der Waals surface area contributed by atoms with Crippen LogP contribution in [0, 0.1) is 0 Å². The average molecular weight is 310 g/mol. The maximum absolute atomic E-state index is 12.9. The van der Waals surface area contributed by atoms with E-state index in [-0.39, 0.29) is 23.2 Å². The second-order valence-corrected chi connectivity index (χ2v) is 6.57. The van der Waals surface area contributed by atoms with Gasteiger partial charge in [-0.2, -0.15) is 13.2 Å². The standard InChI is InChI=1S/C12H13F3O4S/c1-20(16,17)10-4-2-8(3-5-10)11(12(13,14)15)19-7-9-6-18-9/h2-5,9,11H,6-7H2,1H3/t9-,11+/m0/s1. The van der Waals surface area contributed by atoms with E-state index in [2.05, 4.69) is 0 Å². The monoisotopic (exact) mass is 310 g/mol. The molecule has 0 amide bonds. The van der Waals surface area contributed by atoms with Crippen molar-refractivity contribution in [2.75, 3.05) is 19.5 Å². The van der Waals surface area contributed by atoms with Gasteiger partial charge in [0.2, 0.25) is 0 Å². The predicted molar refractivity (Wildman–Crippen MR) is 64.0 cm³/mol. The minimum atomic E-state index is -4.57. The minimum Gasteiger partial charge on any atom is -0.371 e. The molecule has 0 spiro atoms. The first-order valence-electron chi connectivity index (χ1n) is 5.78. The van der Waals surface area contributed by atoms with Crippen molar-refractivity contribution in [1.29, 1.82) is 0 Å². The molecule has 1 aromatic rings. The average Bonchev–Trinajstić information content (AvgIpc) is 3.11. The maximum atomic E-state index is 12.9. The Labute approximate surface area is 114 Å². The van der Waals surface area contributed by atoms with Crippen LogP contribution >= 0.6 is 0 Å². The lowest BCUT2D eigenvalue weighted by Gasteiger charge is -2.21. The smallest absolute Gasteiger partial charge is 0.371 e. The van der Waals surface area contributed by atoms with Crippen molar-refractivity contribution in [3.8, 4) is 0 Å². The molecule has 0 aromatic heterocycles. The highest BCUT2D eigenvalue weighted by atomic mass is 32.2. The Morgan fingerprint density at radius 3 is 2.30 bits per heavy atom. The molecule has 0 bridgehead atoms. The molecule has 0 radical (unpaired) electrons. The van der Waals surface area contributed by atoms with Crippen LogP contribution in [-0.2, 0) is 19.3 Å². The van der Waals surface area contributed by atoms with E-state index in [1.165, 1.54) is 0 Å². The number of benzene rings is 1. The van der Waals surface area contributed by atoms with Gasteiger partial charge in [-0.05, 0) is 17.7 Å². The van der Waals surface area contributed by atoms with Gasteiger partial charge in [0.05, 0.1) is 18.1 Å². The molecule has 0 aliphatic carbocycles. The fourth-order valence-corrected chi connectivity index (χ4v) is 2.27. The van der Waals surface area contributed by atoms with Crippen LogP contribution in [0.3, 0.4) is 0 Å². The summed E-state index contributed by atoms with van der Waals surface area (Å²) in [6.45, 7) is 0.260. The molecule has 1 aliphatic heterocycles. The van der Waals surface area contributed by atoms with Gasteiger partial charge in [0.25, 0.3) is 0 Å². The lowest BCUT2D eigenvalue weighted by Crippen LogP contribution is -2.25. The Morgan fingerprint density at radius 1 is 1.35 bits per heavy atom. The normalized spacial score (nSPS) is 20.7. The summed E-state index contributed by atoms with van der Waals surface area (Å²) in [6, 6.07) is 4.51. The van der Waals surface area contributed by atoms with Crippen LogP contribution in [0.1, 0.15) is 11.7 Å². The molecule has 1 aromatic carbocycles. The van der Waals surface area contributed by atoms with Gasteiger partial charge >= 0.3 is 6.18 Å². The molecule has 2 rings (SSSR count). The number of hydrogen-bond donors (Lipinski definition) is 0. The fourth-order valence-electron chi connectivity index (χ4n) is 1.64. The summed E-state index contributed by atoms with van der Waals surface area (Å²) in [7, 11) is -3.44. The Bertz CT molecular complexity index is 561. The largest absolute Gasteiger partial charge is 0.418 e. The first-order chi connectivity index (χ1) is 9.18. The number of epoxide rings is 1. The van der Waals surface area contributed by atoms with E-state index >= 15 is 0 Å². The molecule has 4 nitrogen and oxygen atoms in total. The van der Waals surface area contributed by atoms with Crippen molar-refractivity contribution >= 4 is 9.84 Å². The predicted octanol–water partition coefficient (Wildman–Crippen LogP) is 2.11. The van der Waals surface area contributed by atoms with Crippen molar-refractivity contribution in [3.05, 3.63) is 29.8 Å². The van der Waals surface area contributed by atoms with Crippen molar-refractivity contribution in [2.24, 2.45) is 0 Å². The second kappa shape index (κ2) is 5.34. The van der Waals surface area contributed by atoms with Gasteiger partial charge in [-0.1, -0.05) is 12.1 Å². The Balaban J connectivity index is 2.19. The third kappa shape index (κ3) is 3.94. The number of ether oxygens (including phenoxy) is 2. The van der Waals surface area contributed by atoms with Crippen LogP contribution < -0.4 is 0 Å². The SMILES string of the molecule is CS(=O)(=O)c1ccc([C@@H](OC[C@@H]2CO2)C(F)(F)F)cc1. The summed E-state index contributed by atoms with van der Waals surface area (Å²) < 4.78 is 71.0. The molecule has 20 heavy (non-hydrogen) atoms. The number of alkyl halides is 3. The maximum Gasteiger partial charge on any atom is 0.418 e. The van der Waals surface area contributed by atoms with Crippen molar-refractivity contribution in [3.63, 3.8) is 0 Å². The van der Waals surface area contributed by atoms with Crippen LogP contribution in [-0.4, -0.2) is 40.2 Å². The quantitative estimate of drug-likeness (QED) is 0.782. The number of sulfone groups is 1. The van der Waals surface area contributed by atoms with E-state index in [4.69, 9.17) is 9.47 Å². The fraction of sp³-hybridized carbons (Fsp3) is 0.500. The van der Waals surface area contributed by atoms with Crippen LogP contribution in [0.4, 0.5) is 13.2 Å². The van der Waals surface area contributed by atoms with Crippen molar-refractivity contribution < 1.29 is 31.1 Å². The highest BCUT2D eigenvalue weighted by molar-refractivity contribution is 7.90. The van der Waals surface area contributed by atoms with E-state index < -0.39 is 22.1 Å². The molecule has 0 N–H and O–H groups in total. The lowest BCUT2D eigenvalue weighted by atomic mass is 10.1. The molecule has 1 fully saturated rings. The molecule has 8 heteroatoms. The molecular weight excluding hydrogens is 297 g/mol. The highest BCUT2D eigenvalue weighted by Crippen LogP contribution is 2.36. The molecule has 1 aliphatic rings. The van der Waals surface area contributed by atoms with Gasteiger partial charge in [-0.25, -0.2) is 8.42 Å². The topological polar surface area (TPSA) is 55.9 Å². The first-order valence-corrected chi connectivity index (χ1v) is 7.67. The Hall–Kier alpha value is -1.12. The summed E-state index contributed by atoms with van der Waals surface area (Å²) in [4.78, 5) is -0.0345. The zero-order chi connectivity index (χ0) is 15.0. The summed E-state index contributed by atoms with van der Waals surface area (Å²) >= 11 is 0. The van der Waals surface area contributed by atoms with Gasteiger partial charge < -0.3 is 9.47 Å². The van der Waals surface area contributed by atoms with Gasteiger partial charge in [-0.3, -0.25) is 0 Å². The third-order valence-electron chi connectivity index (χ3n) is 2.76. The zero-order valence-corrected chi connectivity index (χ0v) is 11.4. The van der Waals surface area contributed by atoms with Crippen LogP contribution in [0.2, 0.25) is 0 Å².